The SMILES string of the molecule is CN(C)C1CCC(Nc2ncc3[nH]c(-c4ccc(F)c(NS(=O)(=O)Cc5ccc(F)cc5)c4)cc3n2)CC1. The highest BCUT2D eigenvalue weighted by Gasteiger charge is 2.23. The molecule has 0 aliphatic heterocycles. The highest BCUT2D eigenvalue weighted by Crippen LogP contribution is 2.29. The smallest absolute Gasteiger partial charge is 0.237 e. The molecule has 4 aromatic rings. The number of nitrogens with one attached hydrogen (secondary N) is 3. The van der Waals surface area contributed by atoms with Gasteiger partial charge >= 0.3 is 0 Å². The monoisotopic (exact) mass is 540 g/mol. The van der Waals surface area contributed by atoms with Gasteiger partial charge in [-0.25, -0.2) is 27.2 Å². The Balaban J connectivity index is 1.31. The van der Waals surface area contributed by atoms with E-state index in [0.29, 0.717) is 45.9 Å². The van der Waals surface area contributed by atoms with Crippen molar-refractivity contribution in [2.45, 2.75) is 43.5 Å². The number of rotatable bonds is 8. The van der Waals surface area contributed by atoms with Crippen LogP contribution >= 0.6 is 0 Å². The standard InChI is InChI=1S/C27H30F2N6O2S/c1-35(2)21-10-8-20(9-11-21)31-27-30-15-26-25(33-27)14-23(32-26)18-5-12-22(29)24(13-18)34-38(36,37)16-17-3-6-19(28)7-4-17/h3-7,12-15,20-21,32,34H,8-11,16H2,1-2H3,(H,30,31,33). The number of benzene rings is 2. The van der Waals surface area contributed by atoms with E-state index in [-0.39, 0.29) is 5.69 Å². The molecule has 0 unspecified atom stereocenters. The summed E-state index contributed by atoms with van der Waals surface area (Å²) < 4.78 is 55.3. The molecule has 3 N–H and O–H groups in total. The number of aromatic nitrogens is 3. The molecule has 2 aromatic heterocycles. The van der Waals surface area contributed by atoms with Gasteiger partial charge in [0, 0.05) is 23.3 Å². The number of sulfonamides is 1. The number of hydrogen-bond acceptors (Lipinski definition) is 6. The third-order valence-electron chi connectivity index (χ3n) is 6.94. The highest BCUT2D eigenvalue weighted by molar-refractivity contribution is 7.91. The Kier molecular flexibility index (Phi) is 7.31. The van der Waals surface area contributed by atoms with Crippen LogP contribution in [0.15, 0.2) is 54.7 Å². The molecule has 0 radical (unpaired) electrons. The van der Waals surface area contributed by atoms with Crippen LogP contribution in [0.2, 0.25) is 0 Å². The number of aromatic amines is 1. The first-order chi connectivity index (χ1) is 18.1. The molecule has 0 atom stereocenters. The number of hydrogen-bond donors (Lipinski definition) is 3. The lowest BCUT2D eigenvalue weighted by molar-refractivity contribution is 0.221. The fraction of sp³-hybridized carbons (Fsp3) is 0.333. The van der Waals surface area contributed by atoms with Gasteiger partial charge < -0.3 is 15.2 Å². The topological polar surface area (TPSA) is 103 Å². The van der Waals surface area contributed by atoms with E-state index in [4.69, 9.17) is 0 Å². The molecule has 0 spiro atoms. The molecule has 0 amide bonds. The van der Waals surface area contributed by atoms with Crippen LogP contribution in [0.4, 0.5) is 20.4 Å². The van der Waals surface area contributed by atoms with E-state index in [0.717, 1.165) is 25.7 Å². The summed E-state index contributed by atoms with van der Waals surface area (Å²) in [7, 11) is 0.303. The zero-order chi connectivity index (χ0) is 26.9. The number of fused-ring (bicyclic) bond motifs is 1. The maximum Gasteiger partial charge on any atom is 0.237 e. The third kappa shape index (κ3) is 6.11. The van der Waals surface area contributed by atoms with Crippen molar-refractivity contribution < 1.29 is 17.2 Å². The van der Waals surface area contributed by atoms with Crippen LogP contribution in [-0.2, 0) is 15.8 Å². The van der Waals surface area contributed by atoms with E-state index in [1.54, 1.807) is 12.3 Å². The van der Waals surface area contributed by atoms with Crippen LogP contribution < -0.4 is 10.0 Å². The average Bonchev–Trinajstić information content (AvgIpc) is 3.30. The first-order valence-corrected chi connectivity index (χ1v) is 14.1. The van der Waals surface area contributed by atoms with Gasteiger partial charge in [0.1, 0.15) is 11.6 Å². The van der Waals surface area contributed by atoms with E-state index in [1.807, 2.05) is 6.07 Å². The van der Waals surface area contributed by atoms with Crippen molar-refractivity contribution in [3.63, 3.8) is 0 Å². The molecule has 1 aliphatic carbocycles. The Bertz CT molecular complexity index is 1530. The van der Waals surface area contributed by atoms with Gasteiger partial charge in [-0.2, -0.15) is 0 Å². The first-order valence-electron chi connectivity index (χ1n) is 12.5. The summed E-state index contributed by atoms with van der Waals surface area (Å²) in [6.45, 7) is 0. The zero-order valence-electron chi connectivity index (χ0n) is 21.2. The Hall–Kier alpha value is -3.57. The van der Waals surface area contributed by atoms with Crippen LogP contribution in [0, 0.1) is 11.6 Å². The van der Waals surface area contributed by atoms with E-state index in [2.05, 4.69) is 44.0 Å². The molecule has 8 nitrogen and oxygen atoms in total. The van der Waals surface area contributed by atoms with Crippen molar-refractivity contribution in [2.24, 2.45) is 0 Å². The summed E-state index contributed by atoms with van der Waals surface area (Å²) in [6.07, 6.45) is 6.06. The quantitative estimate of drug-likeness (QED) is 0.286. The number of H-pyrrole nitrogens is 1. The van der Waals surface area contributed by atoms with Crippen molar-refractivity contribution in [2.75, 3.05) is 24.1 Å². The second kappa shape index (κ2) is 10.7. The minimum atomic E-state index is -3.93. The summed E-state index contributed by atoms with van der Waals surface area (Å²) in [6, 6.07) is 12.1. The first kappa shape index (κ1) is 26.1. The van der Waals surface area contributed by atoms with Crippen molar-refractivity contribution >= 4 is 32.7 Å². The van der Waals surface area contributed by atoms with Gasteiger partial charge in [0.25, 0.3) is 0 Å². The molecular weight excluding hydrogens is 510 g/mol. The summed E-state index contributed by atoms with van der Waals surface area (Å²) >= 11 is 0. The maximum absolute atomic E-state index is 14.5. The van der Waals surface area contributed by atoms with E-state index < -0.39 is 27.4 Å². The Morgan fingerprint density at radius 3 is 2.47 bits per heavy atom. The lowest BCUT2D eigenvalue weighted by atomic mass is 9.91. The predicted molar refractivity (Wildman–Crippen MR) is 145 cm³/mol. The van der Waals surface area contributed by atoms with Crippen LogP contribution in [0.25, 0.3) is 22.3 Å². The van der Waals surface area contributed by atoms with Crippen LogP contribution in [-0.4, -0.2) is 54.4 Å². The minimum Gasteiger partial charge on any atom is -0.352 e. The fourth-order valence-corrected chi connectivity index (χ4v) is 6.03. The van der Waals surface area contributed by atoms with Crippen LogP contribution in [0.5, 0.6) is 0 Å². The van der Waals surface area contributed by atoms with Crippen LogP contribution in [0.1, 0.15) is 31.2 Å². The van der Waals surface area contributed by atoms with Gasteiger partial charge in [-0.05, 0) is 81.7 Å². The van der Waals surface area contributed by atoms with Gasteiger partial charge in [-0.15, -0.1) is 0 Å². The van der Waals surface area contributed by atoms with Gasteiger partial charge in [0.15, 0.2) is 0 Å². The van der Waals surface area contributed by atoms with Crippen LogP contribution in [0.3, 0.4) is 0 Å². The number of halogens is 2. The molecule has 1 fully saturated rings. The molecule has 0 saturated heterocycles. The summed E-state index contributed by atoms with van der Waals surface area (Å²) in [5.74, 6) is -1.02. The van der Waals surface area contributed by atoms with Gasteiger partial charge in [-0.1, -0.05) is 12.1 Å². The number of anilines is 2. The zero-order valence-corrected chi connectivity index (χ0v) is 22.0. The average molecular weight is 541 g/mol. The maximum atomic E-state index is 14.5. The van der Waals surface area contributed by atoms with Gasteiger partial charge in [0.05, 0.1) is 28.7 Å². The lowest BCUT2D eigenvalue weighted by Gasteiger charge is -2.32. The third-order valence-corrected chi connectivity index (χ3v) is 8.19. The normalized spacial score (nSPS) is 18.1. The fourth-order valence-electron chi connectivity index (χ4n) is 4.84. The second-order valence-electron chi connectivity index (χ2n) is 9.97. The van der Waals surface area contributed by atoms with Crippen molar-refractivity contribution in [3.05, 3.63) is 71.9 Å². The molecule has 1 aliphatic rings. The molecule has 0 bridgehead atoms. The molecule has 11 heteroatoms. The molecule has 2 aromatic carbocycles. The summed E-state index contributed by atoms with van der Waals surface area (Å²) in [5, 5.41) is 3.45. The van der Waals surface area contributed by atoms with Crippen molar-refractivity contribution in [3.8, 4) is 11.3 Å². The lowest BCUT2D eigenvalue weighted by Crippen LogP contribution is -2.36. The Morgan fingerprint density at radius 1 is 1.03 bits per heavy atom. The summed E-state index contributed by atoms with van der Waals surface area (Å²) in [4.78, 5) is 14.6. The van der Waals surface area contributed by atoms with E-state index in [1.165, 1.54) is 36.4 Å². The molecule has 2 heterocycles. The van der Waals surface area contributed by atoms with E-state index in [9.17, 15) is 17.2 Å². The predicted octanol–water partition coefficient (Wildman–Crippen LogP) is 5.13. The highest BCUT2D eigenvalue weighted by atomic mass is 32.2. The summed E-state index contributed by atoms with van der Waals surface area (Å²) in [5.41, 5.74) is 2.86. The largest absolute Gasteiger partial charge is 0.352 e. The number of nitrogens with zero attached hydrogens (tertiary/aromatic N) is 3. The minimum absolute atomic E-state index is 0.176. The molecule has 200 valence electrons. The Morgan fingerprint density at radius 2 is 1.76 bits per heavy atom. The molecule has 38 heavy (non-hydrogen) atoms. The molecule has 1 saturated carbocycles. The second-order valence-corrected chi connectivity index (χ2v) is 11.7. The van der Waals surface area contributed by atoms with Crippen molar-refractivity contribution in [1.82, 2.24) is 19.9 Å². The van der Waals surface area contributed by atoms with Crippen molar-refractivity contribution in [1.29, 1.82) is 0 Å². The van der Waals surface area contributed by atoms with Gasteiger partial charge in [0.2, 0.25) is 16.0 Å². The van der Waals surface area contributed by atoms with E-state index >= 15 is 0 Å². The molecule has 5 rings (SSSR count). The molecular formula is C27H30F2N6O2S. The van der Waals surface area contributed by atoms with Gasteiger partial charge in [-0.3, -0.25) is 4.72 Å². The Labute approximate surface area is 220 Å².